The summed E-state index contributed by atoms with van der Waals surface area (Å²) in [6, 6.07) is 13.6. The maximum Gasteiger partial charge on any atom is 0.138 e. The van der Waals surface area contributed by atoms with Crippen molar-refractivity contribution in [3.05, 3.63) is 58.6 Å². The van der Waals surface area contributed by atoms with Gasteiger partial charge < -0.3 is 15.2 Å². The van der Waals surface area contributed by atoms with Gasteiger partial charge >= 0.3 is 0 Å². The van der Waals surface area contributed by atoms with E-state index in [4.69, 9.17) is 16.3 Å². The Morgan fingerprint density at radius 1 is 1.14 bits per heavy atom. The van der Waals surface area contributed by atoms with Crippen molar-refractivity contribution in [2.45, 2.75) is 32.0 Å². The SMILES string of the molecule is Oc1cccc(COc2ccc(CNC3CC3)cc2Cl)c1. The molecule has 1 saturated carbocycles. The summed E-state index contributed by atoms with van der Waals surface area (Å²) in [7, 11) is 0. The second kappa shape index (κ2) is 6.37. The lowest BCUT2D eigenvalue weighted by molar-refractivity contribution is 0.305. The Morgan fingerprint density at radius 2 is 2.00 bits per heavy atom. The van der Waals surface area contributed by atoms with E-state index in [0.29, 0.717) is 23.4 Å². The number of nitrogens with one attached hydrogen (secondary N) is 1. The Hall–Kier alpha value is -1.71. The first-order valence-corrected chi connectivity index (χ1v) is 7.51. The molecule has 3 nitrogen and oxygen atoms in total. The summed E-state index contributed by atoms with van der Waals surface area (Å²) in [5, 5.41) is 13.5. The fourth-order valence-corrected chi connectivity index (χ4v) is 2.39. The molecule has 21 heavy (non-hydrogen) atoms. The van der Waals surface area contributed by atoms with Crippen LogP contribution in [0.25, 0.3) is 0 Å². The van der Waals surface area contributed by atoms with E-state index in [9.17, 15) is 5.11 Å². The third-order valence-corrected chi connectivity index (χ3v) is 3.77. The minimum atomic E-state index is 0.240. The van der Waals surface area contributed by atoms with E-state index in [2.05, 4.69) is 5.32 Å². The third-order valence-electron chi connectivity index (χ3n) is 3.47. The zero-order valence-electron chi connectivity index (χ0n) is 11.7. The topological polar surface area (TPSA) is 41.5 Å². The molecule has 0 aromatic heterocycles. The number of hydrogen-bond acceptors (Lipinski definition) is 3. The van der Waals surface area contributed by atoms with E-state index in [1.165, 1.54) is 12.8 Å². The molecule has 2 aromatic carbocycles. The Morgan fingerprint density at radius 3 is 2.71 bits per heavy atom. The zero-order chi connectivity index (χ0) is 14.7. The molecular formula is C17H18ClNO2. The summed E-state index contributed by atoms with van der Waals surface area (Å²) in [6.07, 6.45) is 2.55. The minimum Gasteiger partial charge on any atom is -0.508 e. The van der Waals surface area contributed by atoms with Crippen LogP contribution in [0.15, 0.2) is 42.5 Å². The number of rotatable bonds is 6. The lowest BCUT2D eigenvalue weighted by Crippen LogP contribution is -2.15. The smallest absolute Gasteiger partial charge is 0.138 e. The van der Waals surface area contributed by atoms with Gasteiger partial charge in [0.15, 0.2) is 0 Å². The van der Waals surface area contributed by atoms with Crippen molar-refractivity contribution in [2.75, 3.05) is 0 Å². The molecule has 0 radical (unpaired) electrons. The van der Waals surface area contributed by atoms with E-state index < -0.39 is 0 Å². The molecule has 0 bridgehead atoms. The van der Waals surface area contributed by atoms with Gasteiger partial charge in [0.05, 0.1) is 5.02 Å². The Labute approximate surface area is 129 Å². The standard InChI is InChI=1S/C17H18ClNO2/c18-16-9-12(10-19-14-5-6-14)4-7-17(16)21-11-13-2-1-3-15(20)8-13/h1-4,7-9,14,19-20H,5-6,10-11H2. The van der Waals surface area contributed by atoms with Gasteiger partial charge in [-0.25, -0.2) is 0 Å². The van der Waals surface area contributed by atoms with Crippen molar-refractivity contribution in [1.82, 2.24) is 5.32 Å². The average Bonchev–Trinajstić information content (AvgIpc) is 3.28. The van der Waals surface area contributed by atoms with Crippen LogP contribution in [0.2, 0.25) is 5.02 Å². The van der Waals surface area contributed by atoms with Crippen molar-refractivity contribution in [3.8, 4) is 11.5 Å². The fourth-order valence-electron chi connectivity index (χ4n) is 2.13. The van der Waals surface area contributed by atoms with Gasteiger partial charge in [0.25, 0.3) is 0 Å². The molecule has 1 fully saturated rings. The van der Waals surface area contributed by atoms with Crippen LogP contribution in [0, 0.1) is 0 Å². The Kier molecular flexibility index (Phi) is 4.32. The van der Waals surface area contributed by atoms with E-state index in [1.54, 1.807) is 18.2 Å². The summed E-state index contributed by atoms with van der Waals surface area (Å²) in [4.78, 5) is 0. The highest BCUT2D eigenvalue weighted by molar-refractivity contribution is 6.32. The van der Waals surface area contributed by atoms with Gasteiger partial charge in [-0.3, -0.25) is 0 Å². The summed E-state index contributed by atoms with van der Waals surface area (Å²) in [6.45, 7) is 1.23. The molecule has 0 aliphatic heterocycles. The van der Waals surface area contributed by atoms with Crippen LogP contribution >= 0.6 is 11.6 Å². The lowest BCUT2D eigenvalue weighted by Gasteiger charge is -2.10. The van der Waals surface area contributed by atoms with Crippen LogP contribution in [0.1, 0.15) is 24.0 Å². The van der Waals surface area contributed by atoms with Crippen molar-refractivity contribution in [2.24, 2.45) is 0 Å². The number of aromatic hydroxyl groups is 1. The first-order valence-electron chi connectivity index (χ1n) is 7.13. The molecule has 0 atom stereocenters. The van der Waals surface area contributed by atoms with Crippen LogP contribution in [-0.2, 0) is 13.2 Å². The minimum absolute atomic E-state index is 0.240. The highest BCUT2D eigenvalue weighted by Gasteiger charge is 2.20. The second-order valence-corrected chi connectivity index (χ2v) is 5.79. The molecule has 4 heteroatoms. The molecule has 0 spiro atoms. The van der Waals surface area contributed by atoms with E-state index in [-0.39, 0.29) is 5.75 Å². The number of halogens is 1. The predicted molar refractivity (Wildman–Crippen MR) is 83.8 cm³/mol. The highest BCUT2D eigenvalue weighted by atomic mass is 35.5. The van der Waals surface area contributed by atoms with E-state index >= 15 is 0 Å². The molecule has 0 saturated heterocycles. The van der Waals surface area contributed by atoms with Crippen LogP contribution in [-0.4, -0.2) is 11.1 Å². The van der Waals surface area contributed by atoms with Crippen molar-refractivity contribution in [1.29, 1.82) is 0 Å². The molecule has 3 rings (SSSR count). The molecule has 2 N–H and O–H groups in total. The maximum atomic E-state index is 9.42. The quantitative estimate of drug-likeness (QED) is 0.851. The largest absolute Gasteiger partial charge is 0.508 e. The Balaban J connectivity index is 1.59. The first-order chi connectivity index (χ1) is 10.2. The highest BCUT2D eigenvalue weighted by Crippen LogP contribution is 2.27. The molecule has 1 aliphatic rings. The number of benzene rings is 2. The van der Waals surface area contributed by atoms with Crippen LogP contribution in [0.3, 0.4) is 0 Å². The fraction of sp³-hybridized carbons (Fsp3) is 0.294. The molecule has 0 amide bonds. The van der Waals surface area contributed by atoms with Gasteiger partial charge in [-0.05, 0) is 48.2 Å². The molecule has 2 aromatic rings. The van der Waals surface area contributed by atoms with Gasteiger partial charge in [0.1, 0.15) is 18.1 Å². The first kappa shape index (κ1) is 14.2. The van der Waals surface area contributed by atoms with Gasteiger partial charge in [-0.1, -0.05) is 29.8 Å². The number of ether oxygens (including phenoxy) is 1. The van der Waals surface area contributed by atoms with Gasteiger partial charge in [0.2, 0.25) is 0 Å². The number of hydrogen-bond donors (Lipinski definition) is 2. The number of phenols is 1. The number of phenolic OH excluding ortho intramolecular Hbond substituents is 1. The Bertz CT molecular complexity index is 626. The zero-order valence-corrected chi connectivity index (χ0v) is 12.4. The lowest BCUT2D eigenvalue weighted by atomic mass is 10.2. The summed E-state index contributed by atoms with van der Waals surface area (Å²) in [5.41, 5.74) is 2.07. The summed E-state index contributed by atoms with van der Waals surface area (Å²) in [5.74, 6) is 0.902. The van der Waals surface area contributed by atoms with Crippen molar-refractivity contribution in [3.63, 3.8) is 0 Å². The molecule has 0 unspecified atom stereocenters. The van der Waals surface area contributed by atoms with Crippen LogP contribution < -0.4 is 10.1 Å². The second-order valence-electron chi connectivity index (χ2n) is 5.38. The molecule has 110 valence electrons. The van der Waals surface area contributed by atoms with Crippen LogP contribution in [0.4, 0.5) is 0 Å². The van der Waals surface area contributed by atoms with Gasteiger partial charge in [0, 0.05) is 12.6 Å². The normalized spacial score (nSPS) is 14.1. The van der Waals surface area contributed by atoms with Crippen LogP contribution in [0.5, 0.6) is 11.5 Å². The molecular weight excluding hydrogens is 286 g/mol. The van der Waals surface area contributed by atoms with Gasteiger partial charge in [-0.15, -0.1) is 0 Å². The maximum absolute atomic E-state index is 9.42. The molecule has 0 heterocycles. The van der Waals surface area contributed by atoms with Crippen molar-refractivity contribution < 1.29 is 9.84 Å². The van der Waals surface area contributed by atoms with Crippen molar-refractivity contribution >= 4 is 11.6 Å². The average molecular weight is 304 g/mol. The third kappa shape index (κ3) is 4.13. The van der Waals surface area contributed by atoms with E-state index in [0.717, 1.165) is 17.7 Å². The summed E-state index contributed by atoms with van der Waals surface area (Å²) >= 11 is 6.26. The predicted octanol–water partition coefficient (Wildman–Crippen LogP) is 3.88. The molecule has 1 aliphatic carbocycles. The van der Waals surface area contributed by atoms with E-state index in [1.807, 2.05) is 24.3 Å². The summed E-state index contributed by atoms with van der Waals surface area (Å²) < 4.78 is 5.71. The van der Waals surface area contributed by atoms with Gasteiger partial charge in [-0.2, -0.15) is 0 Å². The monoisotopic (exact) mass is 303 g/mol.